The standard InChI is InChI=1S/C24H36N4/c1-2-8-19(9-3-1)20-10-4-7-13-23(20)28-16-14-27(15-17-28)18-24-25-21-11-5-6-12-22(21)26-24/h4,7,10,13,19,21-22H,1-3,5-6,8-9,11-12,14-18H2,(H,25,26)/t21-,22?/m0/s1. The topological polar surface area (TPSA) is 30.9 Å². The normalized spacial score (nSPS) is 29.3. The van der Waals surface area contributed by atoms with Gasteiger partial charge in [-0.3, -0.25) is 9.89 Å². The van der Waals surface area contributed by atoms with Crippen LogP contribution in [-0.2, 0) is 0 Å². The molecule has 0 bridgehead atoms. The number of para-hydroxylation sites is 1. The molecule has 5 rings (SSSR count). The first kappa shape index (κ1) is 18.5. The lowest BCUT2D eigenvalue weighted by atomic mass is 9.83. The number of aliphatic imine (C=N–C) groups is 1. The zero-order valence-electron chi connectivity index (χ0n) is 17.3. The summed E-state index contributed by atoms with van der Waals surface area (Å²) in [6, 6.07) is 10.4. The van der Waals surface area contributed by atoms with Crippen LogP contribution in [0.15, 0.2) is 29.3 Å². The fourth-order valence-electron chi connectivity index (χ4n) is 5.87. The van der Waals surface area contributed by atoms with Crippen molar-refractivity contribution in [2.75, 3.05) is 37.6 Å². The monoisotopic (exact) mass is 380 g/mol. The Morgan fingerprint density at radius 3 is 2.43 bits per heavy atom. The minimum absolute atomic E-state index is 0.562. The van der Waals surface area contributed by atoms with E-state index in [-0.39, 0.29) is 0 Å². The average Bonchev–Trinajstić information content (AvgIpc) is 3.17. The van der Waals surface area contributed by atoms with Crippen molar-refractivity contribution in [2.45, 2.75) is 75.8 Å². The Bertz CT molecular complexity index is 686. The van der Waals surface area contributed by atoms with Gasteiger partial charge in [-0.05, 0) is 43.2 Å². The Hall–Kier alpha value is -1.55. The van der Waals surface area contributed by atoms with Crippen LogP contribution in [0.3, 0.4) is 0 Å². The molecule has 2 heterocycles. The quantitative estimate of drug-likeness (QED) is 0.850. The van der Waals surface area contributed by atoms with Crippen molar-refractivity contribution in [3.05, 3.63) is 29.8 Å². The molecule has 0 spiro atoms. The van der Waals surface area contributed by atoms with Crippen LogP contribution in [0.5, 0.6) is 0 Å². The Labute approximate surface area is 170 Å². The van der Waals surface area contributed by atoms with Gasteiger partial charge in [-0.2, -0.15) is 0 Å². The summed E-state index contributed by atoms with van der Waals surface area (Å²) in [5.74, 6) is 2.04. The third-order valence-corrected chi connectivity index (χ3v) is 7.47. The number of hydrogen-bond donors (Lipinski definition) is 1. The van der Waals surface area contributed by atoms with E-state index in [1.165, 1.54) is 69.3 Å². The van der Waals surface area contributed by atoms with Crippen LogP contribution in [0.1, 0.15) is 69.3 Å². The first-order valence-electron chi connectivity index (χ1n) is 11.8. The number of piperazine rings is 1. The molecule has 28 heavy (non-hydrogen) atoms. The van der Waals surface area contributed by atoms with Gasteiger partial charge in [0.1, 0.15) is 5.84 Å². The van der Waals surface area contributed by atoms with Gasteiger partial charge in [0.25, 0.3) is 0 Å². The Morgan fingerprint density at radius 1 is 0.857 bits per heavy atom. The van der Waals surface area contributed by atoms with Crippen LogP contribution in [-0.4, -0.2) is 55.5 Å². The maximum absolute atomic E-state index is 5.01. The number of anilines is 1. The summed E-state index contributed by atoms with van der Waals surface area (Å²) < 4.78 is 0. The number of benzene rings is 1. The lowest BCUT2D eigenvalue weighted by Gasteiger charge is -2.38. The summed E-state index contributed by atoms with van der Waals surface area (Å²) in [5.41, 5.74) is 3.12. The second-order valence-corrected chi connectivity index (χ2v) is 9.34. The summed E-state index contributed by atoms with van der Waals surface area (Å²) in [4.78, 5) is 10.2. The molecule has 2 saturated carbocycles. The summed E-state index contributed by atoms with van der Waals surface area (Å²) >= 11 is 0. The molecule has 1 N–H and O–H groups in total. The van der Waals surface area contributed by atoms with Gasteiger partial charge in [-0.15, -0.1) is 0 Å². The van der Waals surface area contributed by atoms with Gasteiger partial charge in [0.2, 0.25) is 0 Å². The molecule has 4 nitrogen and oxygen atoms in total. The van der Waals surface area contributed by atoms with Gasteiger partial charge >= 0.3 is 0 Å². The molecule has 3 fully saturated rings. The van der Waals surface area contributed by atoms with E-state index < -0.39 is 0 Å². The Morgan fingerprint density at radius 2 is 1.61 bits per heavy atom. The largest absolute Gasteiger partial charge is 0.369 e. The SMILES string of the molecule is c1ccc(N2CCN(CC3=NC4CCCC[C@@H]4N3)CC2)c(C2CCCCC2)c1. The molecular formula is C24H36N4. The molecule has 2 aliphatic carbocycles. The zero-order chi connectivity index (χ0) is 18.8. The number of rotatable bonds is 4. The van der Waals surface area contributed by atoms with Gasteiger partial charge in [0.15, 0.2) is 0 Å². The van der Waals surface area contributed by atoms with E-state index in [4.69, 9.17) is 4.99 Å². The van der Waals surface area contributed by atoms with E-state index in [0.717, 1.165) is 38.6 Å². The van der Waals surface area contributed by atoms with Crippen molar-refractivity contribution >= 4 is 11.5 Å². The third kappa shape index (κ3) is 3.94. The molecule has 4 heteroatoms. The van der Waals surface area contributed by atoms with Crippen LogP contribution in [0.25, 0.3) is 0 Å². The smallest absolute Gasteiger partial charge is 0.111 e. The lowest BCUT2D eigenvalue weighted by Crippen LogP contribution is -2.50. The van der Waals surface area contributed by atoms with Crippen molar-refractivity contribution in [1.82, 2.24) is 10.2 Å². The molecular weight excluding hydrogens is 344 g/mol. The Balaban J connectivity index is 1.19. The maximum Gasteiger partial charge on any atom is 0.111 e. The minimum Gasteiger partial charge on any atom is -0.369 e. The molecule has 4 aliphatic rings. The van der Waals surface area contributed by atoms with Crippen LogP contribution in [0.4, 0.5) is 5.69 Å². The third-order valence-electron chi connectivity index (χ3n) is 7.47. The van der Waals surface area contributed by atoms with Crippen LogP contribution >= 0.6 is 0 Å². The fourth-order valence-corrected chi connectivity index (χ4v) is 5.87. The van der Waals surface area contributed by atoms with Crippen molar-refractivity contribution in [2.24, 2.45) is 4.99 Å². The summed E-state index contributed by atoms with van der Waals surface area (Å²) in [5, 5.41) is 3.73. The van der Waals surface area contributed by atoms with Gasteiger partial charge in [-0.25, -0.2) is 0 Å². The lowest BCUT2D eigenvalue weighted by molar-refractivity contribution is 0.289. The molecule has 2 atom stereocenters. The first-order chi connectivity index (χ1) is 13.9. The molecule has 1 aromatic rings. The van der Waals surface area contributed by atoms with E-state index in [9.17, 15) is 0 Å². The number of nitrogens with one attached hydrogen (secondary N) is 1. The predicted octanol–water partition coefficient (Wildman–Crippen LogP) is 4.17. The van der Waals surface area contributed by atoms with Gasteiger partial charge < -0.3 is 10.2 Å². The summed E-state index contributed by atoms with van der Waals surface area (Å²) in [6.45, 7) is 5.60. The van der Waals surface area contributed by atoms with Gasteiger partial charge in [-0.1, -0.05) is 50.3 Å². The van der Waals surface area contributed by atoms with Crippen molar-refractivity contribution in [1.29, 1.82) is 0 Å². The molecule has 0 amide bonds. The second-order valence-electron chi connectivity index (χ2n) is 9.34. The zero-order valence-corrected chi connectivity index (χ0v) is 17.3. The highest BCUT2D eigenvalue weighted by molar-refractivity contribution is 5.86. The van der Waals surface area contributed by atoms with Crippen molar-refractivity contribution in [3.63, 3.8) is 0 Å². The number of amidine groups is 1. The molecule has 1 saturated heterocycles. The minimum atomic E-state index is 0.562. The highest BCUT2D eigenvalue weighted by atomic mass is 15.3. The van der Waals surface area contributed by atoms with Crippen LogP contribution < -0.4 is 10.2 Å². The van der Waals surface area contributed by atoms with E-state index in [1.54, 1.807) is 5.56 Å². The predicted molar refractivity (Wildman–Crippen MR) is 118 cm³/mol. The molecule has 0 aromatic heterocycles. The molecule has 0 radical (unpaired) electrons. The molecule has 1 unspecified atom stereocenters. The summed E-state index contributed by atoms with van der Waals surface area (Å²) in [6.07, 6.45) is 12.3. The van der Waals surface area contributed by atoms with E-state index >= 15 is 0 Å². The molecule has 2 aliphatic heterocycles. The van der Waals surface area contributed by atoms with Crippen molar-refractivity contribution in [3.8, 4) is 0 Å². The average molecular weight is 381 g/mol. The van der Waals surface area contributed by atoms with Crippen molar-refractivity contribution < 1.29 is 0 Å². The maximum atomic E-state index is 5.01. The molecule has 152 valence electrons. The Kier molecular flexibility index (Phi) is 5.57. The number of hydrogen-bond acceptors (Lipinski definition) is 4. The molecule has 1 aromatic carbocycles. The summed E-state index contributed by atoms with van der Waals surface area (Å²) in [7, 11) is 0. The first-order valence-corrected chi connectivity index (χ1v) is 11.8. The highest BCUT2D eigenvalue weighted by Crippen LogP contribution is 2.38. The van der Waals surface area contributed by atoms with Gasteiger partial charge in [0, 0.05) is 37.9 Å². The number of fused-ring (bicyclic) bond motifs is 1. The fraction of sp³-hybridized carbons (Fsp3) is 0.708. The van der Waals surface area contributed by atoms with E-state index in [1.807, 2.05) is 0 Å². The van der Waals surface area contributed by atoms with E-state index in [2.05, 4.69) is 39.4 Å². The van der Waals surface area contributed by atoms with E-state index in [0.29, 0.717) is 12.1 Å². The number of nitrogens with zero attached hydrogens (tertiary/aromatic N) is 3. The highest BCUT2D eigenvalue weighted by Gasteiger charge is 2.32. The van der Waals surface area contributed by atoms with Crippen LogP contribution in [0.2, 0.25) is 0 Å². The van der Waals surface area contributed by atoms with Crippen LogP contribution in [0, 0.1) is 0 Å². The second kappa shape index (κ2) is 8.44. The van der Waals surface area contributed by atoms with Gasteiger partial charge in [0.05, 0.1) is 12.6 Å².